The fourth-order valence-corrected chi connectivity index (χ4v) is 0.487. The average molecular weight is 167 g/mol. The Bertz CT molecular complexity index is 174. The molecule has 0 saturated heterocycles. The fraction of sp³-hybridized carbons (Fsp3) is 0.833. The highest BCUT2D eigenvalue weighted by atomic mass is 16.4. The van der Waals surface area contributed by atoms with Crippen LogP contribution in [0.25, 0.3) is 0 Å². The van der Waals surface area contributed by atoms with Crippen LogP contribution in [0.1, 0.15) is 9.11 Å². The van der Waals surface area contributed by atoms with Crippen molar-refractivity contribution in [2.45, 2.75) is 24.7 Å². The Balaban J connectivity index is 4.40. The van der Waals surface area contributed by atoms with Crippen LogP contribution in [-0.2, 0) is 4.79 Å². The van der Waals surface area contributed by atoms with Gasteiger partial charge in [0, 0.05) is 9.11 Å². The van der Waals surface area contributed by atoms with E-state index in [9.17, 15) is 4.79 Å². The molecule has 5 nitrogen and oxygen atoms in total. The summed E-state index contributed by atoms with van der Waals surface area (Å²) in [5.41, 5.74) is 0. The maximum Gasteiger partial charge on any atom is 0.122 e. The van der Waals surface area contributed by atoms with Crippen molar-refractivity contribution in [2.75, 3.05) is 6.61 Å². The zero-order chi connectivity index (χ0) is 10.6. The van der Waals surface area contributed by atoms with Gasteiger partial charge in [0.1, 0.15) is 18.5 Å². The summed E-state index contributed by atoms with van der Waals surface area (Å²) in [6.45, 7) is -0.826. The van der Waals surface area contributed by atoms with Crippen LogP contribution < -0.4 is 0 Å². The first-order chi connectivity index (χ1) is 5.86. The summed E-state index contributed by atoms with van der Waals surface area (Å²) >= 11 is 0. The van der Waals surface area contributed by atoms with Gasteiger partial charge in [-0.25, -0.2) is 0 Å². The molecule has 0 aliphatic carbocycles. The van der Waals surface area contributed by atoms with Crippen molar-refractivity contribution in [3.63, 3.8) is 0 Å². The second kappa shape index (κ2) is 5.20. The number of carbonyl (C=O) groups excluding carboxylic acids is 1. The molecule has 0 aromatic rings. The number of aliphatic hydroxyl groups excluding tert-OH is 4. The van der Waals surface area contributed by atoms with Crippen molar-refractivity contribution in [1.29, 1.82) is 0 Å². The molecule has 66 valence electrons. The van der Waals surface area contributed by atoms with Crippen molar-refractivity contribution in [1.82, 2.24) is 0 Å². The molecular formula is C6H12O5. The summed E-state index contributed by atoms with van der Waals surface area (Å²) < 4.78 is 13.8. The molecule has 11 heavy (non-hydrogen) atoms. The normalized spacial score (nSPS) is 22.9. The third kappa shape index (κ3) is 3.43. The molecule has 5 heteroatoms. The zero-order valence-corrected chi connectivity index (χ0v) is 5.71. The number of rotatable bonds is 5. The van der Waals surface area contributed by atoms with Crippen LogP contribution >= 0.6 is 0 Å². The second-order valence-corrected chi connectivity index (χ2v) is 1.97. The molecule has 3 atom stereocenters. The maximum atomic E-state index is 10.1. The van der Waals surface area contributed by atoms with E-state index in [1.165, 1.54) is 0 Å². The van der Waals surface area contributed by atoms with E-state index in [1.807, 2.05) is 0 Å². The molecule has 0 aliphatic heterocycles. The Hall–Kier alpha value is -0.490. The molecule has 0 amide bonds. The molecule has 0 aromatic carbocycles. The first kappa shape index (κ1) is 7.17. The molecule has 0 spiro atoms. The highest BCUT2D eigenvalue weighted by molar-refractivity contribution is 5.50. The lowest BCUT2D eigenvalue weighted by molar-refractivity contribution is -0.115. The smallest absolute Gasteiger partial charge is 0.122 e. The van der Waals surface area contributed by atoms with Crippen molar-refractivity contribution in [2.24, 2.45) is 0 Å². The standard InChI is InChI=1S/C6H12O5/c7-2-1-4(9)6(11)5(10)3-8/h2,4-6,8-11H,1,3H2/t4-,5-,6+/m1/s1/i1+1D2. The maximum absolute atomic E-state index is 10.1. The van der Waals surface area contributed by atoms with Gasteiger partial charge in [0.2, 0.25) is 0 Å². The number of aldehydes is 1. The Labute approximate surface area is 66.7 Å². The number of aliphatic hydroxyl groups is 4. The minimum Gasteiger partial charge on any atom is -0.394 e. The lowest BCUT2D eigenvalue weighted by Crippen LogP contribution is -2.39. The molecule has 4 N–H and O–H groups in total. The lowest BCUT2D eigenvalue weighted by Gasteiger charge is -2.19. The van der Waals surface area contributed by atoms with Crippen molar-refractivity contribution >= 4 is 6.29 Å². The summed E-state index contributed by atoms with van der Waals surface area (Å²) in [6, 6.07) is 0. The van der Waals surface area contributed by atoms with Gasteiger partial charge in [-0.2, -0.15) is 0 Å². The molecular weight excluding hydrogens is 153 g/mol. The number of hydrogen-bond acceptors (Lipinski definition) is 5. The van der Waals surface area contributed by atoms with Crippen LogP contribution in [0.3, 0.4) is 0 Å². The first-order valence-electron chi connectivity index (χ1n) is 3.98. The van der Waals surface area contributed by atoms with Gasteiger partial charge in [0.15, 0.2) is 0 Å². The largest absolute Gasteiger partial charge is 0.394 e. The van der Waals surface area contributed by atoms with Crippen LogP contribution in [0.4, 0.5) is 0 Å². The van der Waals surface area contributed by atoms with E-state index in [0.29, 0.717) is 0 Å². The van der Waals surface area contributed by atoms with Crippen LogP contribution in [-0.4, -0.2) is 51.6 Å². The number of hydrogen-bond donors (Lipinski definition) is 4. The van der Waals surface area contributed by atoms with Crippen LogP contribution in [0.2, 0.25) is 0 Å². The Morgan fingerprint density at radius 3 is 2.27 bits per heavy atom. The Kier molecular flexibility index (Phi) is 3.39. The van der Waals surface area contributed by atoms with Gasteiger partial charge in [-0.15, -0.1) is 0 Å². The quantitative estimate of drug-likeness (QED) is 0.271. The summed E-state index contributed by atoms with van der Waals surface area (Å²) in [6.07, 6.45) is -8.46. The molecule has 0 heterocycles. The van der Waals surface area contributed by atoms with Crippen molar-refractivity contribution < 1.29 is 28.0 Å². The predicted octanol–water partition coefficient (Wildman–Crippen LogP) is -2.35. The molecule has 0 rings (SSSR count). The highest BCUT2D eigenvalue weighted by Crippen LogP contribution is 2.01. The van der Waals surface area contributed by atoms with Crippen LogP contribution in [0.15, 0.2) is 0 Å². The van der Waals surface area contributed by atoms with Gasteiger partial charge in [-0.05, 0) is 0 Å². The van der Waals surface area contributed by atoms with E-state index >= 15 is 0 Å². The van der Waals surface area contributed by atoms with E-state index in [4.69, 9.17) is 23.2 Å². The predicted molar refractivity (Wildman–Crippen MR) is 35.8 cm³/mol. The third-order valence-corrected chi connectivity index (χ3v) is 1.14. The minimum atomic E-state index is -2.64. The van der Waals surface area contributed by atoms with Gasteiger partial charge in [0.05, 0.1) is 12.7 Å². The average Bonchev–Trinajstić information content (AvgIpc) is 2.14. The number of carbonyl (C=O) groups is 1. The molecule has 0 aliphatic rings. The molecule has 0 fully saturated rings. The summed E-state index contributed by atoms with van der Waals surface area (Å²) in [4.78, 5) is 10.1. The molecule has 0 aromatic heterocycles. The van der Waals surface area contributed by atoms with E-state index < -0.39 is 31.3 Å². The highest BCUT2D eigenvalue weighted by Gasteiger charge is 2.23. The van der Waals surface area contributed by atoms with E-state index in [0.717, 1.165) is 0 Å². The van der Waals surface area contributed by atoms with Gasteiger partial charge >= 0.3 is 0 Å². The second-order valence-electron chi connectivity index (χ2n) is 1.97. The van der Waals surface area contributed by atoms with Crippen LogP contribution in [0, 0.1) is 0 Å². The van der Waals surface area contributed by atoms with Gasteiger partial charge in [-0.1, -0.05) is 0 Å². The molecule has 0 bridgehead atoms. The third-order valence-electron chi connectivity index (χ3n) is 1.14. The van der Waals surface area contributed by atoms with E-state index in [2.05, 4.69) is 0 Å². The first-order valence-corrected chi connectivity index (χ1v) is 2.98. The van der Waals surface area contributed by atoms with Crippen molar-refractivity contribution in [3.8, 4) is 0 Å². The van der Waals surface area contributed by atoms with E-state index in [1.54, 1.807) is 0 Å². The molecule has 0 radical (unpaired) electrons. The monoisotopic (exact) mass is 167 g/mol. The topological polar surface area (TPSA) is 98.0 Å². The SMILES string of the molecule is [2H][13C]([2H])(C=O)[C@@H](O)[C@H](O)[C@H](O)CO. The van der Waals surface area contributed by atoms with Gasteiger partial charge < -0.3 is 25.2 Å². The Morgan fingerprint density at radius 1 is 1.36 bits per heavy atom. The molecule has 0 saturated carbocycles. The van der Waals surface area contributed by atoms with Crippen LogP contribution in [0.5, 0.6) is 0 Å². The summed E-state index contributed by atoms with van der Waals surface area (Å²) in [5.74, 6) is 0. The minimum absolute atomic E-state index is 0.176. The summed E-state index contributed by atoms with van der Waals surface area (Å²) in [5, 5.41) is 35.2. The lowest BCUT2D eigenvalue weighted by atomic mass is 10.1. The van der Waals surface area contributed by atoms with E-state index in [-0.39, 0.29) is 6.29 Å². The Morgan fingerprint density at radius 2 is 1.91 bits per heavy atom. The van der Waals surface area contributed by atoms with Gasteiger partial charge in [0.25, 0.3) is 0 Å². The fourth-order valence-electron chi connectivity index (χ4n) is 0.487. The summed E-state index contributed by atoms with van der Waals surface area (Å²) in [7, 11) is 0. The van der Waals surface area contributed by atoms with Gasteiger partial charge in [-0.3, -0.25) is 0 Å². The molecule has 0 unspecified atom stereocenters. The van der Waals surface area contributed by atoms with Crippen molar-refractivity contribution in [3.05, 3.63) is 0 Å². The zero-order valence-electron chi connectivity index (χ0n) is 7.71.